The van der Waals surface area contributed by atoms with Crippen molar-refractivity contribution in [3.05, 3.63) is 16.7 Å². The van der Waals surface area contributed by atoms with E-state index in [0.29, 0.717) is 11.1 Å². The van der Waals surface area contributed by atoms with Crippen molar-refractivity contribution in [1.82, 2.24) is 9.97 Å². The fraction of sp³-hybridized carbons (Fsp3) is 0.250. The van der Waals surface area contributed by atoms with Crippen molar-refractivity contribution >= 4 is 20.1 Å². The van der Waals surface area contributed by atoms with E-state index in [-0.39, 0.29) is 0 Å². The molecule has 8 heavy (non-hydrogen) atoms. The summed E-state index contributed by atoms with van der Waals surface area (Å²) in [6.45, 7) is 0. The summed E-state index contributed by atoms with van der Waals surface area (Å²) in [5, 5.41) is 0. The molecule has 1 rings (SSSR count). The first-order valence-corrected chi connectivity index (χ1v) is 2.70. The van der Waals surface area contributed by atoms with E-state index in [4.69, 9.17) is 20.1 Å². The molecule has 4 heteroatoms. The van der Waals surface area contributed by atoms with Gasteiger partial charge < -0.3 is 9.97 Å². The standard InChI is InChI=1S/C4H5BN2S/c5-1-3-2-6-4(8)7-3/h2H,1H2,(H2,6,7,8). The first-order chi connectivity index (χ1) is 3.83. The van der Waals surface area contributed by atoms with Crippen LogP contribution in [-0.2, 0) is 6.32 Å². The molecular weight excluding hydrogens is 119 g/mol. The van der Waals surface area contributed by atoms with Crippen LogP contribution >= 0.6 is 12.2 Å². The SMILES string of the molecule is [B]Cc1c[nH]c(=S)[nH]1. The van der Waals surface area contributed by atoms with E-state index in [0.717, 1.165) is 5.69 Å². The molecule has 0 amide bonds. The van der Waals surface area contributed by atoms with E-state index in [1.807, 2.05) is 0 Å². The van der Waals surface area contributed by atoms with E-state index in [1.165, 1.54) is 0 Å². The van der Waals surface area contributed by atoms with Gasteiger partial charge in [0.25, 0.3) is 0 Å². The normalized spacial score (nSPS) is 9.50. The van der Waals surface area contributed by atoms with Crippen molar-refractivity contribution in [3.63, 3.8) is 0 Å². The lowest BCUT2D eigenvalue weighted by atomic mass is 10.0. The van der Waals surface area contributed by atoms with E-state index >= 15 is 0 Å². The van der Waals surface area contributed by atoms with E-state index < -0.39 is 0 Å². The van der Waals surface area contributed by atoms with E-state index in [9.17, 15) is 0 Å². The first kappa shape index (κ1) is 5.63. The van der Waals surface area contributed by atoms with Crippen LogP contribution in [0, 0.1) is 4.77 Å². The van der Waals surface area contributed by atoms with Crippen LogP contribution in [-0.4, -0.2) is 17.8 Å². The molecule has 1 aromatic rings. The fourth-order valence-corrected chi connectivity index (χ4v) is 0.671. The number of hydrogen-bond acceptors (Lipinski definition) is 1. The molecule has 2 nitrogen and oxygen atoms in total. The molecule has 0 fully saturated rings. The Morgan fingerprint density at radius 1 is 1.75 bits per heavy atom. The minimum absolute atomic E-state index is 0.507. The second-order valence-electron chi connectivity index (χ2n) is 1.47. The zero-order valence-corrected chi connectivity index (χ0v) is 5.09. The Morgan fingerprint density at radius 2 is 2.50 bits per heavy atom. The van der Waals surface area contributed by atoms with Crippen LogP contribution in [0.3, 0.4) is 0 Å². The van der Waals surface area contributed by atoms with Crippen molar-refractivity contribution in [2.75, 3.05) is 0 Å². The minimum Gasteiger partial charge on any atom is -0.337 e. The Balaban J connectivity index is 3.01. The lowest BCUT2D eigenvalue weighted by Gasteiger charge is -1.80. The predicted molar refractivity (Wildman–Crippen MR) is 35.4 cm³/mol. The quantitative estimate of drug-likeness (QED) is 0.420. The molecule has 0 saturated carbocycles. The van der Waals surface area contributed by atoms with Crippen molar-refractivity contribution < 1.29 is 0 Å². The summed E-state index contributed by atoms with van der Waals surface area (Å²) < 4.78 is 0.630. The Bertz CT molecular complexity index is 214. The lowest BCUT2D eigenvalue weighted by molar-refractivity contribution is 1.20. The molecule has 0 unspecified atom stereocenters. The molecule has 40 valence electrons. The average molecular weight is 124 g/mol. The molecule has 0 saturated heterocycles. The molecule has 0 bridgehead atoms. The smallest absolute Gasteiger partial charge is 0.174 e. The predicted octanol–water partition coefficient (Wildman–Crippen LogP) is 0.741. The highest BCUT2D eigenvalue weighted by Crippen LogP contribution is 1.89. The highest BCUT2D eigenvalue weighted by atomic mass is 32.1. The first-order valence-electron chi connectivity index (χ1n) is 2.29. The number of rotatable bonds is 1. The summed E-state index contributed by atoms with van der Waals surface area (Å²) in [6, 6.07) is 0. The molecule has 0 aromatic carbocycles. The Kier molecular flexibility index (Phi) is 1.53. The molecular formula is C4H5BN2S. The number of aromatic nitrogens is 2. The van der Waals surface area contributed by atoms with Gasteiger partial charge in [0.05, 0.1) is 7.85 Å². The van der Waals surface area contributed by atoms with Crippen LogP contribution in [0.5, 0.6) is 0 Å². The third-order valence-corrected chi connectivity index (χ3v) is 1.09. The van der Waals surface area contributed by atoms with Crippen LogP contribution in [0.15, 0.2) is 6.20 Å². The number of imidazole rings is 1. The zero-order chi connectivity index (χ0) is 5.98. The summed E-state index contributed by atoms with van der Waals surface area (Å²) in [4.78, 5) is 5.66. The number of hydrogen-bond donors (Lipinski definition) is 2. The second-order valence-corrected chi connectivity index (χ2v) is 1.88. The summed E-state index contributed by atoms with van der Waals surface area (Å²) >= 11 is 4.73. The van der Waals surface area contributed by atoms with Crippen LogP contribution in [0.4, 0.5) is 0 Å². The van der Waals surface area contributed by atoms with Gasteiger partial charge in [0.1, 0.15) is 0 Å². The third-order valence-electron chi connectivity index (χ3n) is 0.871. The van der Waals surface area contributed by atoms with Gasteiger partial charge in [-0.2, -0.15) is 0 Å². The highest BCUT2D eigenvalue weighted by Gasteiger charge is 1.84. The van der Waals surface area contributed by atoms with Gasteiger partial charge in [0.15, 0.2) is 4.77 Å². The summed E-state index contributed by atoms with van der Waals surface area (Å²) in [5.41, 5.74) is 0.940. The van der Waals surface area contributed by atoms with Crippen LogP contribution in [0.1, 0.15) is 5.69 Å². The lowest BCUT2D eigenvalue weighted by Crippen LogP contribution is -1.79. The van der Waals surface area contributed by atoms with E-state index in [2.05, 4.69) is 9.97 Å². The van der Waals surface area contributed by atoms with E-state index in [1.54, 1.807) is 6.20 Å². The molecule has 0 aliphatic heterocycles. The van der Waals surface area contributed by atoms with Gasteiger partial charge in [-0.3, -0.25) is 0 Å². The van der Waals surface area contributed by atoms with Crippen molar-refractivity contribution in [2.45, 2.75) is 6.32 Å². The average Bonchev–Trinajstić information content (AvgIpc) is 2.14. The summed E-state index contributed by atoms with van der Waals surface area (Å²) in [6.07, 6.45) is 2.27. The largest absolute Gasteiger partial charge is 0.337 e. The molecule has 0 aliphatic rings. The number of aromatic amines is 2. The van der Waals surface area contributed by atoms with Crippen LogP contribution in [0.25, 0.3) is 0 Å². The maximum absolute atomic E-state index is 5.27. The maximum atomic E-state index is 5.27. The summed E-state index contributed by atoms with van der Waals surface area (Å²) in [5.74, 6) is 0. The van der Waals surface area contributed by atoms with Crippen LogP contribution in [0.2, 0.25) is 0 Å². The Morgan fingerprint density at radius 3 is 2.75 bits per heavy atom. The number of H-pyrrole nitrogens is 2. The zero-order valence-electron chi connectivity index (χ0n) is 4.27. The monoisotopic (exact) mass is 124 g/mol. The molecule has 2 N–H and O–H groups in total. The van der Waals surface area contributed by atoms with Gasteiger partial charge >= 0.3 is 0 Å². The minimum atomic E-state index is 0.507. The van der Waals surface area contributed by atoms with Crippen molar-refractivity contribution in [3.8, 4) is 0 Å². The Labute approximate surface area is 53.7 Å². The van der Waals surface area contributed by atoms with Gasteiger partial charge in [0.2, 0.25) is 0 Å². The highest BCUT2D eigenvalue weighted by molar-refractivity contribution is 7.71. The molecule has 0 atom stereocenters. The molecule has 0 spiro atoms. The topological polar surface area (TPSA) is 31.6 Å². The molecule has 0 aliphatic carbocycles. The van der Waals surface area contributed by atoms with Crippen molar-refractivity contribution in [1.29, 1.82) is 0 Å². The third kappa shape index (κ3) is 1.01. The van der Waals surface area contributed by atoms with Gasteiger partial charge in [-0.05, 0) is 18.5 Å². The van der Waals surface area contributed by atoms with Gasteiger partial charge in [0, 0.05) is 11.9 Å². The Hall–Kier alpha value is -0.505. The van der Waals surface area contributed by atoms with Crippen LogP contribution < -0.4 is 0 Å². The van der Waals surface area contributed by atoms with Crippen molar-refractivity contribution in [2.24, 2.45) is 0 Å². The van der Waals surface area contributed by atoms with Gasteiger partial charge in [-0.15, -0.1) is 0 Å². The molecule has 2 radical (unpaired) electrons. The summed E-state index contributed by atoms with van der Waals surface area (Å²) in [7, 11) is 5.27. The van der Waals surface area contributed by atoms with Gasteiger partial charge in [-0.1, -0.05) is 0 Å². The van der Waals surface area contributed by atoms with Gasteiger partial charge in [-0.25, -0.2) is 0 Å². The second kappa shape index (κ2) is 2.18. The fourth-order valence-electron chi connectivity index (χ4n) is 0.481. The molecule has 1 heterocycles. The maximum Gasteiger partial charge on any atom is 0.174 e. The molecule has 1 aromatic heterocycles. The number of nitrogens with one attached hydrogen (secondary N) is 2.